The number of hydrogen-bond acceptors (Lipinski definition) is 8. The molecule has 0 spiro atoms. The number of nitrogens with zero attached hydrogens (tertiary/aromatic N) is 8. The minimum Gasteiger partial charge on any atom is -0.376 e. The van der Waals surface area contributed by atoms with Crippen LogP contribution in [0.25, 0.3) is 0 Å². The number of hydrogen-bond donors (Lipinski definition) is 0. The first-order chi connectivity index (χ1) is 29.2. The zero-order valence-corrected chi connectivity index (χ0v) is 73.6. The van der Waals surface area contributed by atoms with E-state index in [0.29, 0.717) is 0 Å². The summed E-state index contributed by atoms with van der Waals surface area (Å²) in [5.41, 5.74) is 0. The summed E-state index contributed by atoms with van der Waals surface area (Å²) in [6, 6.07) is 0. The van der Waals surface area contributed by atoms with Crippen molar-refractivity contribution >= 4 is 161 Å². The highest BCUT2D eigenvalue weighted by Gasteiger charge is 2.46. The third-order valence-electron chi connectivity index (χ3n) is 14.6. The molecule has 0 saturated carbocycles. The van der Waals surface area contributed by atoms with Crippen LogP contribution in [-0.4, -0.2) is 254 Å². The summed E-state index contributed by atoms with van der Waals surface area (Å²) in [5, 5.41) is 0. The molecule has 1 atom stereocenters. The van der Waals surface area contributed by atoms with Crippen LogP contribution >= 0.6 is 0 Å². The maximum Gasteiger partial charge on any atom is 0.111 e. The quantitative estimate of drug-likeness (QED) is 0.0920. The molecule has 0 aliphatic carbocycles. The van der Waals surface area contributed by atoms with Gasteiger partial charge in [-0.15, -0.1) is 0 Å². The van der Waals surface area contributed by atoms with Crippen LogP contribution < -0.4 is 0 Å². The summed E-state index contributed by atoms with van der Waals surface area (Å²) >= 11 is 0. The van der Waals surface area contributed by atoms with Gasteiger partial charge in [0, 0.05) is 29.4 Å². The Labute approximate surface area is 443 Å². The first kappa shape index (κ1) is 70.9. The fourth-order valence-corrected chi connectivity index (χ4v) is 301. The van der Waals surface area contributed by atoms with Crippen molar-refractivity contribution in [3.05, 3.63) is 0 Å². The average Bonchev–Trinajstić information content (AvgIpc) is 3.13. The summed E-state index contributed by atoms with van der Waals surface area (Å²) in [6.45, 7) is 86.9. The van der Waals surface area contributed by atoms with E-state index in [4.69, 9.17) is 0 Å². The molecule has 0 amide bonds. The van der Waals surface area contributed by atoms with Crippen molar-refractivity contribution in [2.75, 3.05) is 59.4 Å². The molecule has 0 N–H and O–H groups in total. The lowest BCUT2D eigenvalue weighted by molar-refractivity contribution is 0.495. The Morgan fingerprint density at radius 1 is 0.246 bits per heavy atom. The molecule has 0 aliphatic rings. The van der Waals surface area contributed by atoms with Crippen molar-refractivity contribution in [1.29, 1.82) is 0 Å². The average molecular weight is 1230 g/mol. The Kier molecular flexibility index (Phi) is 34.5. The molecule has 394 valence electrons. The van der Waals surface area contributed by atoms with Crippen molar-refractivity contribution in [3.63, 3.8) is 0 Å². The Bertz CT molecular complexity index is 1100. The summed E-state index contributed by atoms with van der Waals surface area (Å²) in [4.78, 5) is 0. The van der Waals surface area contributed by atoms with E-state index in [1.54, 1.807) is 0 Å². The van der Waals surface area contributed by atoms with Gasteiger partial charge in [-0.05, 0) is 59.4 Å². The van der Waals surface area contributed by atoms with Crippen LogP contribution in [0.4, 0.5) is 0 Å². The highest BCUT2D eigenvalue weighted by molar-refractivity contribution is 7.84. The molecule has 8 nitrogen and oxygen atoms in total. The third kappa shape index (κ3) is 28.3. The van der Waals surface area contributed by atoms with Gasteiger partial charge in [0.1, 0.15) is 57.6 Å². The second kappa shape index (κ2) is 31.6. The summed E-state index contributed by atoms with van der Waals surface area (Å²) in [5.74, 6) is 0. The molecule has 0 bridgehead atoms. The van der Waals surface area contributed by atoms with Crippen LogP contribution in [0, 0.1) is 0 Å². The van der Waals surface area contributed by atoms with Crippen molar-refractivity contribution in [1.82, 2.24) is 34.2 Å². The van der Waals surface area contributed by atoms with E-state index in [-0.39, 0.29) is 73.6 Å². The van der Waals surface area contributed by atoms with E-state index in [2.05, 4.69) is 234 Å². The van der Waals surface area contributed by atoms with Gasteiger partial charge in [-0.3, -0.25) is 0 Å². The molecule has 0 aliphatic heterocycles. The molecule has 65 heavy (non-hydrogen) atoms. The van der Waals surface area contributed by atoms with Crippen LogP contribution in [0.1, 0.15) is 55.4 Å². The van der Waals surface area contributed by atoms with Gasteiger partial charge >= 0.3 is 0 Å². The minimum absolute atomic E-state index is 0.0838. The number of rotatable bonds is 33. The predicted octanol–water partition coefficient (Wildman–Crippen LogP) is 1.73. The van der Waals surface area contributed by atoms with Crippen LogP contribution in [-0.2, 0) is 0 Å². The molecule has 1 unspecified atom stereocenters. The zero-order chi connectivity index (χ0) is 51.7. The van der Waals surface area contributed by atoms with Crippen molar-refractivity contribution in [2.45, 2.75) is 193 Å². The Balaban J connectivity index is 0. The minimum atomic E-state index is -1.29. The standard InChI is InChI=1S/C22H76N4Si13.C16H50N4Si6/c1-23(33(2,3)4)27-31(28-24(34(5,6)7)35(8,9)10)32(29-25(36(11,12)13)37(14,15)16)30-26(38(17,18)19)39(20,21)22;1-9-17(10-2)21-25(22-18(11-3)12-4)26(23-19(13-5)14-6)24-20(15-7)16-8/h31-32H,27-30H2,1-22H3;25-26H,9-16,21-24H2,1-8H3. The monoisotopic (exact) mass is 1230 g/mol. The molecule has 0 aromatic rings. The summed E-state index contributed by atoms with van der Waals surface area (Å²) in [7, 11) is -8.54. The fraction of sp³-hybridized carbons (Fsp3) is 1.00. The van der Waals surface area contributed by atoms with Crippen molar-refractivity contribution in [2.24, 2.45) is 0 Å². The molecule has 0 aromatic heterocycles. The molecule has 0 radical (unpaired) electrons. The van der Waals surface area contributed by atoms with E-state index in [0.717, 1.165) is 0 Å². The van der Waals surface area contributed by atoms with Gasteiger partial charge in [0.2, 0.25) is 0 Å². The largest absolute Gasteiger partial charge is 0.376 e. The maximum absolute atomic E-state index is 3.43. The van der Waals surface area contributed by atoms with Gasteiger partial charge in [0.25, 0.3) is 0 Å². The van der Waals surface area contributed by atoms with E-state index in [1.807, 2.05) is 0 Å². The topological polar surface area (TPSA) is 25.9 Å². The third-order valence-corrected chi connectivity index (χ3v) is 244. The molecule has 0 heterocycles. The normalized spacial score (nSPS) is 17.6. The Hall–Kier alpha value is 3.80. The van der Waals surface area contributed by atoms with E-state index in [9.17, 15) is 0 Å². The Morgan fingerprint density at radius 3 is 0.538 bits per heavy atom. The van der Waals surface area contributed by atoms with Crippen LogP contribution in [0.2, 0.25) is 137 Å². The fourth-order valence-electron chi connectivity index (χ4n) is 10.7. The Morgan fingerprint density at radius 2 is 0.400 bits per heavy atom. The van der Waals surface area contributed by atoms with Crippen LogP contribution in [0.5, 0.6) is 0 Å². The smallest absolute Gasteiger partial charge is 0.111 e. The van der Waals surface area contributed by atoms with E-state index in [1.165, 1.54) is 52.4 Å². The van der Waals surface area contributed by atoms with E-state index >= 15 is 0 Å². The van der Waals surface area contributed by atoms with Gasteiger partial charge < -0.3 is 34.2 Å². The first-order valence-electron chi connectivity index (χ1n) is 27.2. The highest BCUT2D eigenvalue weighted by Crippen LogP contribution is 2.24. The lowest BCUT2D eigenvalue weighted by Gasteiger charge is -2.52. The predicted molar refractivity (Wildman–Crippen MR) is 365 cm³/mol. The SMILES string of the molecule is CCN(CC)[SiH2][SiH]([SiH2]N(CC)CC)[SiH]([SiH2]N(CC)CC)[SiH2]N(CC)CC.CN([SiH2][SiH]([SiH2]N([Si](C)(C)C)[Si](C)(C)C)[SiH]([SiH2]N([Si](C)(C)C)[Si](C)(C)C)[SiH2]N([Si](C)(C)C)[Si](C)(C)C)[Si](C)(C)C. The molecule has 0 rings (SSSR count). The summed E-state index contributed by atoms with van der Waals surface area (Å²) < 4.78 is 25.2. The highest BCUT2D eigenvalue weighted by atomic mass is 30.1. The van der Waals surface area contributed by atoms with E-state index < -0.39 is 87.0 Å². The van der Waals surface area contributed by atoms with Crippen molar-refractivity contribution in [3.8, 4) is 0 Å². The molecule has 0 saturated heterocycles. The van der Waals surface area contributed by atoms with Crippen LogP contribution in [0.3, 0.4) is 0 Å². The first-order valence-corrected chi connectivity index (χ1v) is 87.8. The zero-order valence-electron chi connectivity index (χ0n) is 50.7. The maximum atomic E-state index is 3.43. The molecule has 0 aromatic carbocycles. The summed E-state index contributed by atoms with van der Waals surface area (Å²) in [6.07, 6.45) is 0. The molecular formula is C38H126N8Si19. The van der Waals surface area contributed by atoms with Crippen molar-refractivity contribution < 1.29 is 0 Å². The van der Waals surface area contributed by atoms with Gasteiger partial charge in [-0.25, -0.2) is 0 Å². The van der Waals surface area contributed by atoms with Crippen LogP contribution in [0.15, 0.2) is 0 Å². The van der Waals surface area contributed by atoms with Gasteiger partial charge in [0.05, 0.1) is 73.6 Å². The molecule has 27 heteroatoms. The van der Waals surface area contributed by atoms with Gasteiger partial charge in [-0.1, -0.05) is 193 Å². The second-order valence-corrected chi connectivity index (χ2v) is 164. The molecular weight excluding hydrogens is 1100 g/mol. The lowest BCUT2D eigenvalue weighted by atomic mass is 10.7. The second-order valence-electron chi connectivity index (χ2n) is 26.9. The van der Waals surface area contributed by atoms with Gasteiger partial charge in [0.15, 0.2) is 0 Å². The van der Waals surface area contributed by atoms with Gasteiger partial charge in [-0.2, -0.15) is 0 Å². The molecule has 0 fully saturated rings. The lowest BCUT2D eigenvalue weighted by Crippen LogP contribution is -2.77.